The normalized spacial score (nSPS) is 19.0. The SMILES string of the molecule is CN[C@@H](C)C(=O)N[C@H](C(=O)N1CCC[C@H]1CN(CCc1ccccc1)C(=O)CNC(=O)c1ccc2cc(C(=O)NCC(=O)N(CCc3ccccc3)C[C@@H]3CCCN3C(=O)[C@@H](NC(=O)[C@H](C)NC)C3CCCCC3)ccc2c1)C1CCCCC1. The van der Waals surface area contributed by atoms with Gasteiger partial charge in [0, 0.05) is 62.5 Å². The van der Waals surface area contributed by atoms with E-state index in [9.17, 15) is 38.4 Å². The van der Waals surface area contributed by atoms with Crippen molar-refractivity contribution in [3.05, 3.63) is 119 Å². The van der Waals surface area contributed by atoms with Crippen LogP contribution in [0.5, 0.6) is 0 Å². The summed E-state index contributed by atoms with van der Waals surface area (Å²) in [6.45, 7) is 5.47. The zero-order valence-corrected chi connectivity index (χ0v) is 49.9. The van der Waals surface area contributed by atoms with Crippen LogP contribution in [0.2, 0.25) is 0 Å². The summed E-state index contributed by atoms with van der Waals surface area (Å²) >= 11 is 0. The fraction of sp³-hybridized carbons (Fsp3) is 0.545. The Balaban J connectivity index is 0.892. The smallest absolute Gasteiger partial charge is 0.251 e. The number of likely N-dealkylation sites (tertiary alicyclic amines) is 2. The van der Waals surface area contributed by atoms with E-state index in [0.717, 1.165) is 88.2 Å². The fourth-order valence-electron chi connectivity index (χ4n) is 12.7. The zero-order valence-electron chi connectivity index (χ0n) is 49.9. The van der Waals surface area contributed by atoms with Crippen LogP contribution in [0.1, 0.15) is 136 Å². The molecule has 6 atom stereocenters. The van der Waals surface area contributed by atoms with Gasteiger partial charge in [-0.15, -0.1) is 0 Å². The van der Waals surface area contributed by atoms with Crippen LogP contribution in [0.3, 0.4) is 0 Å². The number of amides is 8. The van der Waals surface area contributed by atoms with E-state index < -0.39 is 36.0 Å². The highest BCUT2D eigenvalue weighted by Gasteiger charge is 2.41. The Morgan fingerprint density at radius 1 is 0.488 bits per heavy atom. The van der Waals surface area contributed by atoms with Crippen molar-refractivity contribution in [3.8, 4) is 0 Å². The van der Waals surface area contributed by atoms with Gasteiger partial charge in [0.25, 0.3) is 11.8 Å². The van der Waals surface area contributed by atoms with Crippen molar-refractivity contribution in [2.24, 2.45) is 11.8 Å². The molecule has 0 unspecified atom stereocenters. The lowest BCUT2D eigenvalue weighted by molar-refractivity contribution is -0.141. The molecule has 0 bridgehead atoms. The minimum atomic E-state index is -0.642. The number of hydrogen-bond donors (Lipinski definition) is 6. The molecule has 4 aliphatic rings. The van der Waals surface area contributed by atoms with Gasteiger partial charge in [-0.1, -0.05) is 111 Å². The average Bonchev–Trinajstić information content (AvgIpc) is 4.21. The number of hydrogen-bond acceptors (Lipinski definition) is 10. The molecule has 0 radical (unpaired) electrons. The maximum atomic E-state index is 14.5. The summed E-state index contributed by atoms with van der Waals surface area (Å²) in [5.74, 6) is -1.95. The molecule has 84 heavy (non-hydrogen) atoms. The molecule has 2 aliphatic carbocycles. The molecule has 2 saturated carbocycles. The van der Waals surface area contributed by atoms with Gasteiger partial charge in [0.1, 0.15) is 12.1 Å². The molecule has 8 rings (SSSR count). The van der Waals surface area contributed by atoms with Gasteiger partial charge in [0.2, 0.25) is 35.4 Å². The van der Waals surface area contributed by atoms with Crippen molar-refractivity contribution in [1.29, 1.82) is 0 Å². The number of benzene rings is 4. The van der Waals surface area contributed by atoms with Crippen molar-refractivity contribution in [1.82, 2.24) is 51.5 Å². The van der Waals surface area contributed by atoms with E-state index in [0.29, 0.717) is 86.9 Å². The number of rotatable bonds is 26. The Morgan fingerprint density at radius 2 is 0.869 bits per heavy atom. The Morgan fingerprint density at radius 3 is 1.24 bits per heavy atom. The van der Waals surface area contributed by atoms with E-state index in [-0.39, 0.29) is 72.5 Å². The minimum absolute atomic E-state index is 0.0424. The molecule has 0 spiro atoms. The Labute approximate surface area is 496 Å². The molecule has 2 aliphatic heterocycles. The van der Waals surface area contributed by atoms with Gasteiger partial charge in [-0.05, 0) is 150 Å². The van der Waals surface area contributed by atoms with Crippen LogP contribution in [0.25, 0.3) is 10.8 Å². The van der Waals surface area contributed by atoms with Gasteiger partial charge >= 0.3 is 0 Å². The second-order valence-corrected chi connectivity index (χ2v) is 23.7. The molecule has 2 saturated heterocycles. The summed E-state index contributed by atoms with van der Waals surface area (Å²) < 4.78 is 0. The van der Waals surface area contributed by atoms with Crippen LogP contribution >= 0.6 is 0 Å². The average molecular weight is 1150 g/mol. The predicted molar refractivity (Wildman–Crippen MR) is 326 cm³/mol. The summed E-state index contributed by atoms with van der Waals surface area (Å²) in [6.07, 6.45) is 13.9. The first-order chi connectivity index (χ1) is 40.7. The third kappa shape index (κ3) is 17.0. The van der Waals surface area contributed by atoms with Gasteiger partial charge in [0.05, 0.1) is 25.2 Å². The molecule has 452 valence electrons. The summed E-state index contributed by atoms with van der Waals surface area (Å²) in [4.78, 5) is 119. The van der Waals surface area contributed by atoms with Crippen LogP contribution in [0.15, 0.2) is 97.1 Å². The number of nitrogens with zero attached hydrogens (tertiary/aromatic N) is 4. The first-order valence-corrected chi connectivity index (χ1v) is 31.0. The quantitative estimate of drug-likeness (QED) is 0.0446. The highest BCUT2D eigenvalue weighted by molar-refractivity contribution is 6.03. The molecule has 6 N–H and O–H groups in total. The standard InChI is InChI=1S/C66H90N10O8/c1-45(67-3)61(79)71-59(49-23-13-7-14-24-49)65(83)75-35-17-27-55(75)43-73(37-33-47-19-9-5-10-20-47)57(77)41-69-63(81)53-31-29-52-40-54(32-30-51(52)39-53)64(82)70-42-58(78)74(38-34-48-21-11-6-12-22-48)44-56-28-18-36-76(56)66(84)60(50-25-15-8-16-26-50)72-62(80)46(2)68-4/h5-6,9-12,19-22,29-32,39-40,45-46,49-50,55-56,59-60,67-68H,7-8,13-18,23-28,33-38,41-44H2,1-4H3,(H,69,81)(H,70,82)(H,71,79)(H,72,80)/t45-,46-,55-,56-,59-,60-/m0/s1. The topological polar surface area (TPSA) is 222 Å². The molecule has 4 aromatic rings. The van der Waals surface area contributed by atoms with E-state index in [1.807, 2.05) is 70.5 Å². The third-order valence-corrected chi connectivity index (χ3v) is 18.1. The molecule has 8 amide bonds. The minimum Gasteiger partial charge on any atom is -0.343 e. The van der Waals surface area contributed by atoms with Crippen LogP contribution in [0, 0.1) is 11.8 Å². The second-order valence-electron chi connectivity index (χ2n) is 23.7. The van der Waals surface area contributed by atoms with Crippen molar-refractivity contribution in [3.63, 3.8) is 0 Å². The summed E-state index contributed by atoms with van der Waals surface area (Å²) in [6, 6.07) is 27.3. The maximum Gasteiger partial charge on any atom is 0.251 e. The maximum absolute atomic E-state index is 14.5. The molecule has 18 nitrogen and oxygen atoms in total. The Hall–Kier alpha value is -7.18. The molecular formula is C66H90N10O8. The number of carbonyl (C=O) groups excluding carboxylic acids is 8. The van der Waals surface area contributed by atoms with E-state index in [2.05, 4.69) is 31.9 Å². The Bertz CT molecular complexity index is 2690. The molecule has 0 aromatic heterocycles. The monoisotopic (exact) mass is 1150 g/mol. The van der Waals surface area contributed by atoms with Crippen LogP contribution < -0.4 is 31.9 Å². The third-order valence-electron chi connectivity index (χ3n) is 18.1. The van der Waals surface area contributed by atoms with E-state index in [1.165, 1.54) is 0 Å². The van der Waals surface area contributed by atoms with Crippen LogP contribution in [0.4, 0.5) is 0 Å². The van der Waals surface area contributed by atoms with Gasteiger partial charge in [-0.25, -0.2) is 0 Å². The van der Waals surface area contributed by atoms with Gasteiger partial charge in [-0.2, -0.15) is 0 Å². The summed E-state index contributed by atoms with van der Waals surface area (Å²) in [5, 5.41) is 19.3. The molecule has 2 heterocycles. The lowest BCUT2D eigenvalue weighted by Crippen LogP contribution is -2.57. The highest BCUT2D eigenvalue weighted by Crippen LogP contribution is 2.32. The number of fused-ring (bicyclic) bond motifs is 1. The number of carbonyl (C=O) groups is 8. The molecule has 4 aromatic carbocycles. The first kappa shape index (κ1) is 62.9. The zero-order chi connectivity index (χ0) is 59.5. The van der Waals surface area contributed by atoms with E-state index >= 15 is 0 Å². The van der Waals surface area contributed by atoms with Crippen molar-refractivity contribution >= 4 is 58.0 Å². The summed E-state index contributed by atoms with van der Waals surface area (Å²) in [7, 11) is 3.45. The van der Waals surface area contributed by atoms with Gasteiger partial charge in [-0.3, -0.25) is 38.4 Å². The van der Waals surface area contributed by atoms with Crippen molar-refractivity contribution < 1.29 is 38.4 Å². The molecular weight excluding hydrogens is 1060 g/mol. The Kier molecular flexibility index (Phi) is 23.3. The molecule has 4 fully saturated rings. The lowest BCUT2D eigenvalue weighted by Gasteiger charge is -2.37. The van der Waals surface area contributed by atoms with Crippen molar-refractivity contribution in [2.75, 3.05) is 66.5 Å². The largest absolute Gasteiger partial charge is 0.343 e. The lowest BCUT2D eigenvalue weighted by atomic mass is 9.83. The summed E-state index contributed by atoms with van der Waals surface area (Å²) in [5.41, 5.74) is 2.79. The van der Waals surface area contributed by atoms with Crippen LogP contribution in [-0.2, 0) is 41.6 Å². The van der Waals surface area contributed by atoms with Crippen LogP contribution in [-0.4, -0.2) is 170 Å². The number of nitrogens with one attached hydrogen (secondary N) is 6. The number of likely N-dealkylation sites (N-methyl/N-ethyl adjacent to an activating group) is 2. The van der Waals surface area contributed by atoms with Crippen molar-refractivity contribution in [2.45, 2.75) is 153 Å². The second kappa shape index (κ2) is 31.1. The van der Waals surface area contributed by atoms with Gasteiger partial charge < -0.3 is 51.5 Å². The van der Waals surface area contributed by atoms with Gasteiger partial charge in [0.15, 0.2) is 0 Å². The van der Waals surface area contributed by atoms with E-state index in [4.69, 9.17) is 0 Å². The first-order valence-electron chi connectivity index (χ1n) is 31.0. The molecule has 18 heteroatoms. The highest BCUT2D eigenvalue weighted by atomic mass is 16.2. The van der Waals surface area contributed by atoms with E-state index in [1.54, 1.807) is 74.1 Å². The predicted octanol–water partition coefficient (Wildman–Crippen LogP) is 5.77. The fourth-order valence-corrected chi connectivity index (χ4v) is 12.7.